The van der Waals surface area contributed by atoms with E-state index in [1.165, 1.54) is 6.26 Å². The molecule has 8 heteroatoms. The van der Waals surface area contributed by atoms with E-state index in [0.717, 1.165) is 44.1 Å². The van der Waals surface area contributed by atoms with Crippen LogP contribution in [0.3, 0.4) is 0 Å². The average molecular weight is 412 g/mol. The molecule has 3 amide bonds. The Labute approximate surface area is 177 Å². The highest BCUT2D eigenvalue weighted by atomic mass is 16.3. The maximum atomic E-state index is 12.9. The average Bonchev–Trinajstić information content (AvgIpc) is 3.34. The molecule has 2 aliphatic heterocycles. The summed E-state index contributed by atoms with van der Waals surface area (Å²) in [6, 6.07) is 11.2. The minimum atomic E-state index is -0.128. The Morgan fingerprint density at radius 3 is 2.27 bits per heavy atom. The third-order valence-electron chi connectivity index (χ3n) is 5.89. The summed E-state index contributed by atoms with van der Waals surface area (Å²) in [5, 5.41) is 3.08. The molecule has 0 saturated carbocycles. The first kappa shape index (κ1) is 20.3. The van der Waals surface area contributed by atoms with E-state index < -0.39 is 0 Å². The number of urea groups is 1. The van der Waals surface area contributed by atoms with Crippen molar-refractivity contribution in [3.8, 4) is 0 Å². The van der Waals surface area contributed by atoms with Crippen molar-refractivity contribution in [3.05, 3.63) is 48.4 Å². The van der Waals surface area contributed by atoms with Gasteiger partial charge >= 0.3 is 6.03 Å². The topological polar surface area (TPSA) is 72.3 Å². The SMILES string of the molecule is CCN1CCN(c2ccccc2NC(=O)N2CCN(C(=O)c3ccco3)CC2)CC1. The van der Waals surface area contributed by atoms with Crippen molar-refractivity contribution in [2.75, 3.05) is 69.1 Å². The van der Waals surface area contributed by atoms with E-state index in [9.17, 15) is 9.59 Å². The molecule has 1 N–H and O–H groups in total. The lowest BCUT2D eigenvalue weighted by Gasteiger charge is -2.37. The Balaban J connectivity index is 1.34. The third-order valence-corrected chi connectivity index (χ3v) is 5.89. The smallest absolute Gasteiger partial charge is 0.322 e. The number of benzene rings is 1. The Bertz CT molecular complexity index is 853. The summed E-state index contributed by atoms with van der Waals surface area (Å²) >= 11 is 0. The van der Waals surface area contributed by atoms with Gasteiger partial charge in [-0.25, -0.2) is 4.79 Å². The van der Waals surface area contributed by atoms with Gasteiger partial charge in [0.2, 0.25) is 0 Å². The van der Waals surface area contributed by atoms with Gasteiger partial charge in [-0.2, -0.15) is 0 Å². The highest BCUT2D eigenvalue weighted by Crippen LogP contribution is 2.27. The van der Waals surface area contributed by atoms with Crippen LogP contribution in [0.4, 0.5) is 16.2 Å². The molecule has 2 aromatic rings. The molecule has 0 spiro atoms. The number of carbonyl (C=O) groups is 2. The first-order valence-electron chi connectivity index (χ1n) is 10.6. The van der Waals surface area contributed by atoms with E-state index in [2.05, 4.69) is 28.1 Å². The molecular formula is C22H29N5O3. The number of carbonyl (C=O) groups excluding carboxylic acids is 2. The van der Waals surface area contributed by atoms with E-state index in [1.54, 1.807) is 21.9 Å². The van der Waals surface area contributed by atoms with Crippen LogP contribution in [-0.2, 0) is 0 Å². The summed E-state index contributed by atoms with van der Waals surface area (Å²) in [5.41, 5.74) is 1.90. The number of rotatable bonds is 4. The second-order valence-electron chi connectivity index (χ2n) is 7.63. The Hall–Kier alpha value is -3.00. The molecule has 0 radical (unpaired) electrons. The van der Waals surface area contributed by atoms with Crippen LogP contribution in [0.25, 0.3) is 0 Å². The van der Waals surface area contributed by atoms with Crippen molar-refractivity contribution in [1.82, 2.24) is 14.7 Å². The zero-order valence-corrected chi connectivity index (χ0v) is 17.4. The lowest BCUT2D eigenvalue weighted by molar-refractivity contribution is 0.0640. The van der Waals surface area contributed by atoms with Gasteiger partial charge < -0.3 is 29.3 Å². The highest BCUT2D eigenvalue weighted by molar-refractivity contribution is 5.94. The summed E-state index contributed by atoms with van der Waals surface area (Å²) in [6.45, 7) is 9.20. The fourth-order valence-corrected chi connectivity index (χ4v) is 4.02. The summed E-state index contributed by atoms with van der Waals surface area (Å²) in [6.07, 6.45) is 1.50. The molecule has 1 aromatic heterocycles. The fourth-order valence-electron chi connectivity index (χ4n) is 4.02. The molecule has 2 fully saturated rings. The minimum absolute atomic E-state index is 0.125. The molecule has 30 heavy (non-hydrogen) atoms. The summed E-state index contributed by atoms with van der Waals surface area (Å²) in [5.74, 6) is 0.210. The molecule has 0 bridgehead atoms. The zero-order chi connectivity index (χ0) is 20.9. The van der Waals surface area contributed by atoms with Crippen molar-refractivity contribution in [2.45, 2.75) is 6.92 Å². The lowest BCUT2D eigenvalue weighted by atomic mass is 10.2. The van der Waals surface area contributed by atoms with Crippen LogP contribution in [0.2, 0.25) is 0 Å². The van der Waals surface area contributed by atoms with Crippen LogP contribution in [-0.4, -0.2) is 85.5 Å². The van der Waals surface area contributed by atoms with Crippen molar-refractivity contribution in [3.63, 3.8) is 0 Å². The van der Waals surface area contributed by atoms with Crippen LogP contribution < -0.4 is 10.2 Å². The number of hydrogen-bond donors (Lipinski definition) is 1. The summed E-state index contributed by atoms with van der Waals surface area (Å²) < 4.78 is 5.19. The van der Waals surface area contributed by atoms with Gasteiger partial charge in [-0.3, -0.25) is 4.79 Å². The Kier molecular flexibility index (Phi) is 6.23. The zero-order valence-electron chi connectivity index (χ0n) is 17.4. The normalized spacial score (nSPS) is 17.8. The maximum Gasteiger partial charge on any atom is 0.322 e. The van der Waals surface area contributed by atoms with Crippen molar-refractivity contribution in [1.29, 1.82) is 0 Å². The van der Waals surface area contributed by atoms with Gasteiger partial charge in [0.15, 0.2) is 5.76 Å². The molecule has 8 nitrogen and oxygen atoms in total. The van der Waals surface area contributed by atoms with Crippen LogP contribution in [0.1, 0.15) is 17.5 Å². The number of para-hydroxylation sites is 2. The Morgan fingerprint density at radius 2 is 1.60 bits per heavy atom. The maximum absolute atomic E-state index is 12.9. The fraction of sp³-hybridized carbons (Fsp3) is 0.455. The molecule has 4 rings (SSSR count). The van der Waals surface area contributed by atoms with E-state index in [0.29, 0.717) is 31.9 Å². The lowest BCUT2D eigenvalue weighted by Crippen LogP contribution is -2.51. The summed E-state index contributed by atoms with van der Waals surface area (Å²) in [4.78, 5) is 33.5. The van der Waals surface area contributed by atoms with Crippen molar-refractivity contribution >= 4 is 23.3 Å². The van der Waals surface area contributed by atoms with Gasteiger partial charge in [-0.05, 0) is 30.8 Å². The predicted molar refractivity (Wildman–Crippen MR) is 116 cm³/mol. The second-order valence-corrected chi connectivity index (χ2v) is 7.63. The number of hydrogen-bond acceptors (Lipinski definition) is 5. The number of furan rings is 1. The first-order chi connectivity index (χ1) is 14.7. The minimum Gasteiger partial charge on any atom is -0.459 e. The number of anilines is 2. The van der Waals surface area contributed by atoms with E-state index >= 15 is 0 Å². The van der Waals surface area contributed by atoms with Gasteiger partial charge in [-0.15, -0.1) is 0 Å². The molecule has 1 aromatic carbocycles. The number of likely N-dealkylation sites (N-methyl/N-ethyl adjacent to an activating group) is 1. The number of nitrogens with zero attached hydrogens (tertiary/aromatic N) is 4. The van der Waals surface area contributed by atoms with E-state index in [-0.39, 0.29) is 11.9 Å². The van der Waals surface area contributed by atoms with Crippen molar-refractivity contribution < 1.29 is 14.0 Å². The standard InChI is InChI=1S/C22H29N5O3/c1-2-24-9-11-25(12-10-24)19-7-4-3-6-18(19)23-22(29)27-15-13-26(14-16-27)21(28)20-8-5-17-30-20/h3-8,17H,2,9-16H2,1H3,(H,23,29). The van der Waals surface area contributed by atoms with Gasteiger partial charge in [0.1, 0.15) is 0 Å². The molecule has 3 heterocycles. The monoisotopic (exact) mass is 411 g/mol. The molecule has 0 aliphatic carbocycles. The highest BCUT2D eigenvalue weighted by Gasteiger charge is 2.27. The van der Waals surface area contributed by atoms with Crippen LogP contribution in [0.15, 0.2) is 47.1 Å². The van der Waals surface area contributed by atoms with E-state index in [1.807, 2.05) is 18.2 Å². The number of nitrogens with one attached hydrogen (secondary N) is 1. The van der Waals surface area contributed by atoms with Crippen molar-refractivity contribution in [2.24, 2.45) is 0 Å². The van der Waals surface area contributed by atoms with Gasteiger partial charge in [0.25, 0.3) is 5.91 Å². The van der Waals surface area contributed by atoms with Gasteiger partial charge in [-0.1, -0.05) is 19.1 Å². The molecule has 2 saturated heterocycles. The summed E-state index contributed by atoms with van der Waals surface area (Å²) in [7, 11) is 0. The molecular weight excluding hydrogens is 382 g/mol. The van der Waals surface area contributed by atoms with Crippen LogP contribution in [0, 0.1) is 0 Å². The molecule has 0 atom stereocenters. The molecule has 2 aliphatic rings. The largest absolute Gasteiger partial charge is 0.459 e. The quantitative estimate of drug-likeness (QED) is 0.837. The molecule has 0 unspecified atom stereocenters. The van der Waals surface area contributed by atoms with Crippen LogP contribution in [0.5, 0.6) is 0 Å². The third kappa shape index (κ3) is 4.43. The van der Waals surface area contributed by atoms with E-state index in [4.69, 9.17) is 4.42 Å². The van der Waals surface area contributed by atoms with Crippen LogP contribution >= 0.6 is 0 Å². The number of piperazine rings is 2. The second kappa shape index (κ2) is 9.21. The van der Waals surface area contributed by atoms with Gasteiger partial charge in [0, 0.05) is 52.4 Å². The first-order valence-corrected chi connectivity index (χ1v) is 10.6. The number of amides is 3. The Morgan fingerprint density at radius 1 is 0.900 bits per heavy atom. The van der Waals surface area contributed by atoms with Gasteiger partial charge in [0.05, 0.1) is 17.6 Å². The molecule has 160 valence electrons. The predicted octanol–water partition coefficient (Wildman–Crippen LogP) is 2.41.